The van der Waals surface area contributed by atoms with Gasteiger partial charge >= 0.3 is 6.03 Å². The number of halogens is 1. The minimum absolute atomic E-state index is 0.272. The molecule has 0 radical (unpaired) electrons. The zero-order valence-electron chi connectivity index (χ0n) is 15.3. The van der Waals surface area contributed by atoms with E-state index < -0.39 is 11.8 Å². The SMILES string of the molecule is CCOc1cc(F)ccc1NC(=O)NC(C)c1cc(OC)ccc1OC. The summed E-state index contributed by atoms with van der Waals surface area (Å²) in [6, 6.07) is 8.50. The fourth-order valence-corrected chi connectivity index (χ4v) is 2.48. The number of nitrogens with one attached hydrogen (secondary N) is 2. The van der Waals surface area contributed by atoms with Crippen molar-refractivity contribution >= 4 is 11.7 Å². The highest BCUT2D eigenvalue weighted by Crippen LogP contribution is 2.30. The van der Waals surface area contributed by atoms with E-state index in [1.54, 1.807) is 39.3 Å². The molecule has 1 unspecified atom stereocenters. The standard InChI is InChI=1S/C19H23FN2O4/c1-5-26-18-10-13(20)6-8-16(18)22-19(23)21-12(2)15-11-14(24-3)7-9-17(15)25-4/h6-12H,5H2,1-4H3,(H2,21,22,23). The predicted molar refractivity (Wildman–Crippen MR) is 97.7 cm³/mol. The Morgan fingerprint density at radius 2 is 1.88 bits per heavy atom. The van der Waals surface area contributed by atoms with Gasteiger partial charge in [-0.2, -0.15) is 0 Å². The van der Waals surface area contributed by atoms with Gasteiger partial charge in [0.25, 0.3) is 0 Å². The predicted octanol–water partition coefficient (Wildman–Crippen LogP) is 4.12. The number of hydrogen-bond donors (Lipinski definition) is 2. The number of hydrogen-bond acceptors (Lipinski definition) is 4. The lowest BCUT2D eigenvalue weighted by atomic mass is 10.1. The van der Waals surface area contributed by atoms with Crippen molar-refractivity contribution in [1.29, 1.82) is 0 Å². The molecule has 0 aliphatic heterocycles. The fourth-order valence-electron chi connectivity index (χ4n) is 2.48. The molecule has 0 aliphatic rings. The van der Waals surface area contributed by atoms with Crippen LogP contribution in [0.4, 0.5) is 14.9 Å². The number of benzene rings is 2. The van der Waals surface area contributed by atoms with Crippen LogP contribution in [-0.4, -0.2) is 26.9 Å². The number of carbonyl (C=O) groups excluding carboxylic acids is 1. The zero-order valence-corrected chi connectivity index (χ0v) is 15.3. The topological polar surface area (TPSA) is 68.8 Å². The van der Waals surface area contributed by atoms with Crippen LogP contribution < -0.4 is 24.8 Å². The quantitative estimate of drug-likeness (QED) is 0.777. The number of anilines is 1. The van der Waals surface area contributed by atoms with E-state index in [9.17, 15) is 9.18 Å². The van der Waals surface area contributed by atoms with Crippen LogP contribution in [0.5, 0.6) is 17.2 Å². The molecule has 1 atom stereocenters. The first kappa shape index (κ1) is 19.4. The molecule has 2 aromatic rings. The maximum absolute atomic E-state index is 13.4. The fraction of sp³-hybridized carbons (Fsp3) is 0.316. The Bertz CT molecular complexity index is 767. The number of amides is 2. The van der Waals surface area contributed by atoms with Gasteiger partial charge in [-0.25, -0.2) is 9.18 Å². The molecule has 0 aromatic heterocycles. The van der Waals surface area contributed by atoms with Crippen molar-refractivity contribution in [3.05, 3.63) is 47.8 Å². The second-order valence-electron chi connectivity index (χ2n) is 5.50. The molecule has 7 heteroatoms. The molecular weight excluding hydrogens is 339 g/mol. The van der Waals surface area contributed by atoms with Crippen LogP contribution in [0.3, 0.4) is 0 Å². The second kappa shape index (κ2) is 8.94. The van der Waals surface area contributed by atoms with Crippen LogP contribution in [0.15, 0.2) is 36.4 Å². The minimum atomic E-state index is -0.449. The van der Waals surface area contributed by atoms with Crippen molar-refractivity contribution in [2.75, 3.05) is 26.1 Å². The monoisotopic (exact) mass is 362 g/mol. The molecular formula is C19H23FN2O4. The van der Waals surface area contributed by atoms with E-state index >= 15 is 0 Å². The lowest BCUT2D eigenvalue weighted by molar-refractivity contribution is 0.249. The Morgan fingerprint density at radius 3 is 2.54 bits per heavy atom. The molecule has 2 N–H and O–H groups in total. The third-order valence-corrected chi connectivity index (χ3v) is 3.74. The van der Waals surface area contributed by atoms with Crippen LogP contribution in [0.1, 0.15) is 25.5 Å². The van der Waals surface area contributed by atoms with Crippen LogP contribution in [0, 0.1) is 5.82 Å². The normalized spacial score (nSPS) is 11.4. The van der Waals surface area contributed by atoms with E-state index in [1.807, 2.05) is 6.92 Å². The molecule has 0 saturated heterocycles. The van der Waals surface area contributed by atoms with Gasteiger partial charge in [-0.15, -0.1) is 0 Å². The van der Waals surface area contributed by atoms with Crippen molar-refractivity contribution in [3.63, 3.8) is 0 Å². The molecule has 0 fully saturated rings. The zero-order chi connectivity index (χ0) is 19.1. The van der Waals surface area contributed by atoms with Gasteiger partial charge in [-0.1, -0.05) is 0 Å². The van der Waals surface area contributed by atoms with Crippen molar-refractivity contribution in [1.82, 2.24) is 5.32 Å². The molecule has 26 heavy (non-hydrogen) atoms. The van der Waals surface area contributed by atoms with Crippen LogP contribution in [-0.2, 0) is 0 Å². The van der Waals surface area contributed by atoms with E-state index in [4.69, 9.17) is 14.2 Å². The van der Waals surface area contributed by atoms with Crippen molar-refractivity contribution < 1.29 is 23.4 Å². The maximum atomic E-state index is 13.4. The van der Waals surface area contributed by atoms with Gasteiger partial charge in [0.15, 0.2) is 0 Å². The number of methoxy groups -OCH3 is 2. The summed E-state index contributed by atoms with van der Waals surface area (Å²) in [5.74, 6) is 1.13. The van der Waals surface area contributed by atoms with Crippen LogP contribution in [0.2, 0.25) is 0 Å². The summed E-state index contributed by atoms with van der Waals surface area (Å²) in [4.78, 5) is 12.3. The van der Waals surface area contributed by atoms with Gasteiger partial charge in [0, 0.05) is 11.6 Å². The molecule has 0 aliphatic carbocycles. The average molecular weight is 362 g/mol. The van der Waals surface area contributed by atoms with E-state index in [0.29, 0.717) is 23.8 Å². The smallest absolute Gasteiger partial charge is 0.319 e. The largest absolute Gasteiger partial charge is 0.497 e. The van der Waals surface area contributed by atoms with Crippen molar-refractivity contribution in [3.8, 4) is 17.2 Å². The molecule has 0 bridgehead atoms. The van der Waals surface area contributed by atoms with Gasteiger partial charge < -0.3 is 24.8 Å². The molecule has 0 saturated carbocycles. The van der Waals surface area contributed by atoms with E-state index in [1.165, 1.54) is 18.2 Å². The molecule has 140 valence electrons. The molecule has 2 aromatic carbocycles. The summed E-state index contributed by atoms with van der Waals surface area (Å²) in [6.45, 7) is 3.97. The highest BCUT2D eigenvalue weighted by atomic mass is 19.1. The summed E-state index contributed by atoms with van der Waals surface area (Å²) >= 11 is 0. The first-order valence-electron chi connectivity index (χ1n) is 8.20. The lowest BCUT2D eigenvalue weighted by Crippen LogP contribution is -2.31. The third kappa shape index (κ3) is 4.78. The van der Waals surface area contributed by atoms with Gasteiger partial charge in [-0.05, 0) is 44.2 Å². The highest BCUT2D eigenvalue weighted by molar-refractivity contribution is 5.91. The minimum Gasteiger partial charge on any atom is -0.497 e. The van der Waals surface area contributed by atoms with Crippen LogP contribution >= 0.6 is 0 Å². The van der Waals surface area contributed by atoms with Crippen molar-refractivity contribution in [2.45, 2.75) is 19.9 Å². The summed E-state index contributed by atoms with van der Waals surface area (Å²) < 4.78 is 29.3. The highest BCUT2D eigenvalue weighted by Gasteiger charge is 2.16. The number of rotatable bonds is 7. The summed E-state index contributed by atoms with van der Waals surface area (Å²) in [7, 11) is 3.13. The van der Waals surface area contributed by atoms with Gasteiger partial charge in [-0.3, -0.25) is 0 Å². The van der Waals surface area contributed by atoms with E-state index in [0.717, 1.165) is 5.56 Å². The Hall–Kier alpha value is -2.96. The molecule has 2 amide bonds. The van der Waals surface area contributed by atoms with Gasteiger partial charge in [0.2, 0.25) is 0 Å². The van der Waals surface area contributed by atoms with Crippen LogP contribution in [0.25, 0.3) is 0 Å². The Kier molecular flexibility index (Phi) is 6.66. The summed E-state index contributed by atoms with van der Waals surface area (Å²) in [6.07, 6.45) is 0. The van der Waals surface area contributed by atoms with Gasteiger partial charge in [0.1, 0.15) is 23.1 Å². The number of ether oxygens (including phenoxy) is 3. The first-order valence-corrected chi connectivity index (χ1v) is 8.20. The Labute approximate surface area is 152 Å². The molecule has 0 spiro atoms. The molecule has 2 rings (SSSR count). The third-order valence-electron chi connectivity index (χ3n) is 3.74. The Morgan fingerprint density at radius 1 is 1.12 bits per heavy atom. The number of urea groups is 1. The Balaban J connectivity index is 2.13. The van der Waals surface area contributed by atoms with Gasteiger partial charge in [0.05, 0.1) is 32.6 Å². The van der Waals surface area contributed by atoms with E-state index in [-0.39, 0.29) is 11.8 Å². The van der Waals surface area contributed by atoms with Crippen molar-refractivity contribution in [2.24, 2.45) is 0 Å². The van der Waals surface area contributed by atoms with E-state index in [2.05, 4.69) is 10.6 Å². The molecule has 0 heterocycles. The molecule has 6 nitrogen and oxygen atoms in total. The number of carbonyl (C=O) groups is 1. The first-order chi connectivity index (χ1) is 12.5. The summed E-state index contributed by atoms with van der Waals surface area (Å²) in [5, 5.41) is 5.50. The second-order valence-corrected chi connectivity index (χ2v) is 5.50. The maximum Gasteiger partial charge on any atom is 0.319 e. The summed E-state index contributed by atoms with van der Waals surface area (Å²) in [5.41, 5.74) is 1.15. The lowest BCUT2D eigenvalue weighted by Gasteiger charge is -2.19. The average Bonchev–Trinajstić information content (AvgIpc) is 2.63.